The Bertz CT molecular complexity index is 530. The molecule has 0 saturated heterocycles. The maximum Gasteiger partial charge on any atom is 0.160 e. The molecule has 88 valence electrons. The number of phenolic OH excluding ortho intramolecular Hbond substituents is 2. The molecule has 0 aliphatic heterocycles. The van der Waals surface area contributed by atoms with Crippen molar-refractivity contribution in [1.82, 2.24) is 0 Å². The molecule has 0 heterocycles. The van der Waals surface area contributed by atoms with Gasteiger partial charge in [0.25, 0.3) is 0 Å². The molecule has 0 aliphatic rings. The van der Waals surface area contributed by atoms with E-state index in [0.717, 1.165) is 23.1 Å². The lowest BCUT2D eigenvalue weighted by Gasteiger charge is -2.12. The molecule has 2 aromatic rings. The first kappa shape index (κ1) is 11.5. The third-order valence-corrected chi connectivity index (χ3v) is 3.19. The van der Waals surface area contributed by atoms with Crippen molar-refractivity contribution < 1.29 is 10.2 Å². The Morgan fingerprint density at radius 1 is 0.941 bits per heavy atom. The van der Waals surface area contributed by atoms with E-state index in [9.17, 15) is 10.2 Å². The number of benzene rings is 2. The van der Waals surface area contributed by atoms with Gasteiger partial charge in [0.05, 0.1) is 0 Å². The zero-order valence-electron chi connectivity index (χ0n) is 10.1. The van der Waals surface area contributed by atoms with Gasteiger partial charge in [0, 0.05) is 0 Å². The lowest BCUT2D eigenvalue weighted by atomic mass is 9.96. The molecule has 0 amide bonds. The predicted octanol–water partition coefficient (Wildman–Crippen LogP) is 3.31. The van der Waals surface area contributed by atoms with E-state index in [1.165, 1.54) is 5.56 Å². The normalized spacial score (nSPS) is 10.5. The lowest BCUT2D eigenvalue weighted by molar-refractivity contribution is 0.400. The Hall–Kier alpha value is -1.96. The average Bonchev–Trinajstić information content (AvgIpc) is 2.35. The minimum absolute atomic E-state index is 0.0145. The number of hydrogen-bond donors (Lipinski definition) is 2. The van der Waals surface area contributed by atoms with Crippen LogP contribution in [0.15, 0.2) is 36.4 Å². The van der Waals surface area contributed by atoms with Crippen LogP contribution in [0.4, 0.5) is 0 Å². The number of phenols is 2. The summed E-state index contributed by atoms with van der Waals surface area (Å²) in [7, 11) is 0. The molecular weight excluding hydrogens is 212 g/mol. The van der Waals surface area contributed by atoms with Gasteiger partial charge in [0.2, 0.25) is 0 Å². The van der Waals surface area contributed by atoms with Gasteiger partial charge in [0.15, 0.2) is 11.5 Å². The second-order valence-corrected chi connectivity index (χ2v) is 4.32. The van der Waals surface area contributed by atoms with Gasteiger partial charge in [-0.1, -0.05) is 30.3 Å². The van der Waals surface area contributed by atoms with E-state index < -0.39 is 0 Å². The Kier molecular flexibility index (Phi) is 3.05. The predicted molar refractivity (Wildman–Crippen MR) is 68.5 cm³/mol. The second kappa shape index (κ2) is 4.50. The van der Waals surface area contributed by atoms with Crippen LogP contribution in [0, 0.1) is 13.8 Å². The summed E-state index contributed by atoms with van der Waals surface area (Å²) in [4.78, 5) is 0. The number of rotatable bonds is 2. The fraction of sp³-hybridized carbons (Fsp3) is 0.200. The van der Waals surface area contributed by atoms with Crippen molar-refractivity contribution in [3.63, 3.8) is 0 Å². The van der Waals surface area contributed by atoms with Crippen molar-refractivity contribution in [2.24, 2.45) is 0 Å². The van der Waals surface area contributed by atoms with Crippen LogP contribution in [0.2, 0.25) is 0 Å². The van der Waals surface area contributed by atoms with Crippen LogP contribution >= 0.6 is 0 Å². The monoisotopic (exact) mass is 228 g/mol. The van der Waals surface area contributed by atoms with Crippen LogP contribution in [-0.2, 0) is 6.42 Å². The number of aromatic hydroxyl groups is 2. The summed E-state index contributed by atoms with van der Waals surface area (Å²) in [5, 5.41) is 19.3. The van der Waals surface area contributed by atoms with Gasteiger partial charge in [-0.3, -0.25) is 0 Å². The van der Waals surface area contributed by atoms with Crippen LogP contribution < -0.4 is 0 Å². The molecule has 0 fully saturated rings. The summed E-state index contributed by atoms with van der Waals surface area (Å²) in [6.45, 7) is 3.78. The van der Waals surface area contributed by atoms with Gasteiger partial charge in [-0.15, -0.1) is 0 Å². The Labute approximate surface area is 101 Å². The zero-order chi connectivity index (χ0) is 12.4. The van der Waals surface area contributed by atoms with Crippen LogP contribution in [0.25, 0.3) is 0 Å². The maximum atomic E-state index is 9.63. The highest BCUT2D eigenvalue weighted by molar-refractivity contribution is 5.52. The van der Waals surface area contributed by atoms with E-state index in [4.69, 9.17) is 0 Å². The summed E-state index contributed by atoms with van der Waals surface area (Å²) in [5.74, 6) is -0.0571. The van der Waals surface area contributed by atoms with Crippen molar-refractivity contribution in [2.75, 3.05) is 0 Å². The molecule has 0 aromatic heterocycles. The summed E-state index contributed by atoms with van der Waals surface area (Å²) in [5.41, 5.74) is 4.02. The van der Waals surface area contributed by atoms with Crippen molar-refractivity contribution >= 4 is 0 Å². The number of hydrogen-bond acceptors (Lipinski definition) is 2. The van der Waals surface area contributed by atoms with Gasteiger partial charge in [-0.25, -0.2) is 0 Å². The van der Waals surface area contributed by atoms with Gasteiger partial charge in [0.1, 0.15) is 0 Å². The molecule has 0 bridgehead atoms. The maximum absolute atomic E-state index is 9.63. The van der Waals surface area contributed by atoms with E-state index in [2.05, 4.69) is 12.1 Å². The van der Waals surface area contributed by atoms with Crippen molar-refractivity contribution in [3.05, 3.63) is 58.7 Å². The molecule has 2 rings (SSSR count). The first-order valence-electron chi connectivity index (χ1n) is 5.64. The van der Waals surface area contributed by atoms with Gasteiger partial charge in [-0.05, 0) is 48.6 Å². The largest absolute Gasteiger partial charge is 0.504 e. The third kappa shape index (κ3) is 2.26. The molecule has 0 saturated carbocycles. The Morgan fingerprint density at radius 3 is 2.24 bits per heavy atom. The molecule has 0 radical (unpaired) electrons. The Morgan fingerprint density at radius 2 is 1.59 bits per heavy atom. The van der Waals surface area contributed by atoms with Crippen LogP contribution in [-0.4, -0.2) is 10.2 Å². The van der Waals surface area contributed by atoms with Crippen molar-refractivity contribution in [2.45, 2.75) is 20.3 Å². The van der Waals surface area contributed by atoms with Gasteiger partial charge in [-0.2, -0.15) is 0 Å². The van der Waals surface area contributed by atoms with Gasteiger partial charge >= 0.3 is 0 Å². The van der Waals surface area contributed by atoms with Crippen molar-refractivity contribution in [1.29, 1.82) is 0 Å². The highest BCUT2D eigenvalue weighted by Gasteiger charge is 2.11. The molecule has 2 heteroatoms. The minimum Gasteiger partial charge on any atom is -0.504 e. The molecular formula is C15H16O2. The molecule has 0 atom stereocenters. The highest BCUT2D eigenvalue weighted by Crippen LogP contribution is 2.33. The third-order valence-electron chi connectivity index (χ3n) is 3.19. The quantitative estimate of drug-likeness (QED) is 0.774. The van der Waals surface area contributed by atoms with Crippen LogP contribution in [0.1, 0.15) is 22.3 Å². The molecule has 0 spiro atoms. The molecule has 0 unspecified atom stereocenters. The summed E-state index contributed by atoms with van der Waals surface area (Å²) in [6, 6.07) is 11.7. The van der Waals surface area contributed by atoms with E-state index in [0.29, 0.717) is 0 Å². The molecule has 2 aromatic carbocycles. The smallest absolute Gasteiger partial charge is 0.160 e. The van der Waals surface area contributed by atoms with Crippen molar-refractivity contribution in [3.8, 4) is 11.5 Å². The van der Waals surface area contributed by atoms with E-state index >= 15 is 0 Å². The van der Waals surface area contributed by atoms with E-state index in [1.807, 2.05) is 32.0 Å². The molecule has 2 N–H and O–H groups in total. The van der Waals surface area contributed by atoms with E-state index in [1.54, 1.807) is 6.07 Å². The van der Waals surface area contributed by atoms with Gasteiger partial charge < -0.3 is 10.2 Å². The van der Waals surface area contributed by atoms with Crippen LogP contribution in [0.5, 0.6) is 11.5 Å². The van der Waals surface area contributed by atoms with E-state index in [-0.39, 0.29) is 11.5 Å². The topological polar surface area (TPSA) is 40.5 Å². The standard InChI is InChI=1S/C15H16O2/c1-10-11(2)15(17)14(16)9-13(10)8-12-6-4-3-5-7-12/h3-7,9,16-17H,8H2,1-2H3. The fourth-order valence-corrected chi connectivity index (χ4v) is 1.95. The highest BCUT2D eigenvalue weighted by atomic mass is 16.3. The van der Waals surface area contributed by atoms with Crippen LogP contribution in [0.3, 0.4) is 0 Å². The lowest BCUT2D eigenvalue weighted by Crippen LogP contribution is -1.95. The first-order valence-corrected chi connectivity index (χ1v) is 5.64. The SMILES string of the molecule is Cc1c(Cc2ccccc2)cc(O)c(O)c1C. The minimum atomic E-state index is -0.0426. The summed E-state index contributed by atoms with van der Waals surface area (Å²) < 4.78 is 0. The zero-order valence-corrected chi connectivity index (χ0v) is 10.1. The summed E-state index contributed by atoms with van der Waals surface area (Å²) in [6.07, 6.45) is 0.765. The average molecular weight is 228 g/mol. The fourth-order valence-electron chi connectivity index (χ4n) is 1.95. The Balaban J connectivity index is 2.41. The first-order chi connectivity index (χ1) is 8.09. The molecule has 0 aliphatic carbocycles. The second-order valence-electron chi connectivity index (χ2n) is 4.32. The summed E-state index contributed by atoms with van der Waals surface area (Å²) >= 11 is 0. The molecule has 17 heavy (non-hydrogen) atoms. The molecule has 2 nitrogen and oxygen atoms in total.